The molecule has 2 rings (SSSR count). The van der Waals surface area contributed by atoms with Gasteiger partial charge in [-0.15, -0.1) is 0 Å². The zero-order chi connectivity index (χ0) is 14.4. The highest BCUT2D eigenvalue weighted by Gasteiger charge is 2.08. The van der Waals surface area contributed by atoms with E-state index in [0.29, 0.717) is 6.54 Å². The van der Waals surface area contributed by atoms with Crippen LogP contribution in [0.25, 0.3) is 0 Å². The Kier molecular flexibility index (Phi) is 4.87. The van der Waals surface area contributed by atoms with Gasteiger partial charge in [-0.1, -0.05) is 0 Å². The Morgan fingerprint density at radius 1 is 1.40 bits per heavy atom. The third-order valence-electron chi connectivity index (χ3n) is 3.11. The maximum Gasteiger partial charge on any atom is 0.194 e. The minimum atomic E-state index is 0.548. The van der Waals surface area contributed by atoms with Crippen LogP contribution in [0, 0.1) is 0 Å². The second-order valence-corrected chi connectivity index (χ2v) is 4.72. The molecule has 0 amide bonds. The summed E-state index contributed by atoms with van der Waals surface area (Å²) in [5.74, 6) is 1.75. The number of hydrogen-bond acceptors (Lipinski definition) is 2. The fourth-order valence-electron chi connectivity index (χ4n) is 2.00. The van der Waals surface area contributed by atoms with Gasteiger partial charge in [-0.2, -0.15) is 0 Å². The number of nitrogens with one attached hydrogen (secondary N) is 1. The molecule has 5 nitrogen and oxygen atoms in total. The van der Waals surface area contributed by atoms with Crippen LogP contribution in [0.2, 0.25) is 0 Å². The van der Waals surface area contributed by atoms with Crippen molar-refractivity contribution in [2.24, 2.45) is 12.0 Å². The van der Waals surface area contributed by atoms with E-state index >= 15 is 0 Å². The van der Waals surface area contributed by atoms with E-state index in [9.17, 15) is 0 Å². The summed E-state index contributed by atoms with van der Waals surface area (Å²) in [4.78, 5) is 6.71. The second kappa shape index (κ2) is 6.84. The SMILES string of the molecule is CCNC(=NCc1ccco1)N(C)Cc1cccn1C. The molecule has 5 heteroatoms. The third-order valence-corrected chi connectivity index (χ3v) is 3.11. The van der Waals surface area contributed by atoms with E-state index in [1.165, 1.54) is 5.69 Å². The third kappa shape index (κ3) is 3.66. The van der Waals surface area contributed by atoms with E-state index in [1.54, 1.807) is 6.26 Å². The Morgan fingerprint density at radius 2 is 2.25 bits per heavy atom. The van der Waals surface area contributed by atoms with Crippen molar-refractivity contribution in [3.05, 3.63) is 48.2 Å². The summed E-state index contributed by atoms with van der Waals surface area (Å²) in [7, 11) is 4.09. The maximum atomic E-state index is 5.31. The number of aliphatic imine (C=N–C) groups is 1. The van der Waals surface area contributed by atoms with Crippen LogP contribution in [-0.2, 0) is 20.1 Å². The van der Waals surface area contributed by atoms with Gasteiger partial charge in [-0.25, -0.2) is 4.99 Å². The fourth-order valence-corrected chi connectivity index (χ4v) is 2.00. The van der Waals surface area contributed by atoms with Crippen molar-refractivity contribution in [2.45, 2.75) is 20.0 Å². The second-order valence-electron chi connectivity index (χ2n) is 4.72. The molecular weight excluding hydrogens is 252 g/mol. The van der Waals surface area contributed by atoms with Gasteiger partial charge in [0.25, 0.3) is 0 Å². The maximum absolute atomic E-state index is 5.31. The summed E-state index contributed by atoms with van der Waals surface area (Å²) in [6.07, 6.45) is 3.72. The molecule has 0 fully saturated rings. The molecule has 20 heavy (non-hydrogen) atoms. The first kappa shape index (κ1) is 14.2. The molecule has 2 aromatic heterocycles. The molecule has 0 radical (unpaired) electrons. The number of nitrogens with zero attached hydrogens (tertiary/aromatic N) is 3. The number of rotatable bonds is 5. The minimum Gasteiger partial charge on any atom is -0.467 e. The number of guanidine groups is 1. The van der Waals surface area contributed by atoms with Gasteiger partial charge in [0, 0.05) is 32.5 Å². The quantitative estimate of drug-likeness (QED) is 0.671. The number of hydrogen-bond donors (Lipinski definition) is 1. The van der Waals surface area contributed by atoms with Gasteiger partial charge >= 0.3 is 0 Å². The van der Waals surface area contributed by atoms with E-state index in [2.05, 4.69) is 52.1 Å². The Balaban J connectivity index is 2.03. The van der Waals surface area contributed by atoms with Crippen molar-refractivity contribution in [1.82, 2.24) is 14.8 Å². The monoisotopic (exact) mass is 274 g/mol. The van der Waals surface area contributed by atoms with Crippen molar-refractivity contribution >= 4 is 5.96 Å². The highest BCUT2D eigenvalue weighted by molar-refractivity contribution is 5.79. The first-order chi connectivity index (χ1) is 9.70. The lowest BCUT2D eigenvalue weighted by molar-refractivity contribution is 0.457. The van der Waals surface area contributed by atoms with Crippen molar-refractivity contribution in [1.29, 1.82) is 0 Å². The van der Waals surface area contributed by atoms with Crippen LogP contribution in [-0.4, -0.2) is 29.0 Å². The summed E-state index contributed by atoms with van der Waals surface area (Å²) < 4.78 is 7.43. The van der Waals surface area contributed by atoms with Crippen LogP contribution in [0.5, 0.6) is 0 Å². The average Bonchev–Trinajstić information content (AvgIpc) is 3.07. The Bertz CT molecular complexity index is 542. The summed E-state index contributed by atoms with van der Waals surface area (Å²) in [6, 6.07) is 7.98. The molecule has 108 valence electrons. The molecular formula is C15H22N4O. The van der Waals surface area contributed by atoms with Crippen molar-refractivity contribution in [2.75, 3.05) is 13.6 Å². The molecule has 1 N–H and O–H groups in total. The molecule has 2 heterocycles. The normalized spacial score (nSPS) is 11.7. The first-order valence-corrected chi connectivity index (χ1v) is 6.82. The molecule has 0 bridgehead atoms. The van der Waals surface area contributed by atoms with Gasteiger partial charge in [-0.3, -0.25) is 0 Å². The number of aromatic nitrogens is 1. The first-order valence-electron chi connectivity index (χ1n) is 6.82. The summed E-state index contributed by atoms with van der Waals surface area (Å²) in [5, 5.41) is 3.30. The molecule has 0 aromatic carbocycles. The van der Waals surface area contributed by atoms with Crippen molar-refractivity contribution in [3.63, 3.8) is 0 Å². The largest absolute Gasteiger partial charge is 0.467 e. The molecule has 0 atom stereocenters. The lowest BCUT2D eigenvalue weighted by Gasteiger charge is -2.22. The van der Waals surface area contributed by atoms with Crippen LogP contribution in [0.1, 0.15) is 18.4 Å². The van der Waals surface area contributed by atoms with Gasteiger partial charge in [0.1, 0.15) is 12.3 Å². The van der Waals surface area contributed by atoms with E-state index in [4.69, 9.17) is 4.42 Å². The van der Waals surface area contributed by atoms with Crippen LogP contribution in [0.3, 0.4) is 0 Å². The number of furan rings is 1. The summed E-state index contributed by atoms with van der Waals surface area (Å²) in [6.45, 7) is 4.27. The summed E-state index contributed by atoms with van der Waals surface area (Å²) >= 11 is 0. The van der Waals surface area contributed by atoms with Crippen molar-refractivity contribution in [3.8, 4) is 0 Å². The van der Waals surface area contributed by atoms with Crippen LogP contribution in [0.15, 0.2) is 46.1 Å². The van der Waals surface area contributed by atoms with Gasteiger partial charge in [0.05, 0.1) is 12.8 Å². The Hall–Kier alpha value is -2.17. The fraction of sp³-hybridized carbons (Fsp3) is 0.400. The molecule has 0 saturated carbocycles. The van der Waals surface area contributed by atoms with E-state index in [-0.39, 0.29) is 0 Å². The summed E-state index contributed by atoms with van der Waals surface area (Å²) in [5.41, 5.74) is 1.25. The molecule has 2 aromatic rings. The smallest absolute Gasteiger partial charge is 0.194 e. The zero-order valence-corrected chi connectivity index (χ0v) is 12.3. The average molecular weight is 274 g/mol. The molecule has 0 spiro atoms. The van der Waals surface area contributed by atoms with Crippen molar-refractivity contribution < 1.29 is 4.42 Å². The molecule has 0 aliphatic rings. The van der Waals surface area contributed by atoms with Crippen LogP contribution in [0.4, 0.5) is 0 Å². The van der Waals surface area contributed by atoms with Crippen LogP contribution < -0.4 is 5.32 Å². The Labute approximate surface area is 119 Å². The van der Waals surface area contributed by atoms with Gasteiger partial charge in [0.2, 0.25) is 0 Å². The lowest BCUT2D eigenvalue weighted by Crippen LogP contribution is -2.38. The highest BCUT2D eigenvalue weighted by atomic mass is 16.3. The van der Waals surface area contributed by atoms with E-state index in [0.717, 1.165) is 24.8 Å². The standard InChI is InChI=1S/C15H22N4O/c1-4-16-15(17-11-14-8-6-10-20-14)19(3)12-13-7-5-9-18(13)2/h5-10H,4,11-12H2,1-3H3,(H,16,17). The molecule has 0 unspecified atom stereocenters. The zero-order valence-electron chi connectivity index (χ0n) is 12.3. The minimum absolute atomic E-state index is 0.548. The topological polar surface area (TPSA) is 45.7 Å². The predicted octanol–water partition coefficient (Wildman–Crippen LogP) is 2.22. The Morgan fingerprint density at radius 3 is 2.85 bits per heavy atom. The molecule has 0 saturated heterocycles. The predicted molar refractivity (Wildman–Crippen MR) is 80.4 cm³/mol. The lowest BCUT2D eigenvalue weighted by atomic mass is 10.4. The highest BCUT2D eigenvalue weighted by Crippen LogP contribution is 2.05. The molecule has 0 aliphatic heterocycles. The van der Waals surface area contributed by atoms with E-state index < -0.39 is 0 Å². The van der Waals surface area contributed by atoms with Crippen LogP contribution >= 0.6 is 0 Å². The van der Waals surface area contributed by atoms with Gasteiger partial charge < -0.3 is 19.2 Å². The van der Waals surface area contributed by atoms with Gasteiger partial charge in [0.15, 0.2) is 5.96 Å². The molecule has 0 aliphatic carbocycles. The number of aryl methyl sites for hydroxylation is 1. The van der Waals surface area contributed by atoms with E-state index in [1.807, 2.05) is 19.2 Å². The van der Waals surface area contributed by atoms with Gasteiger partial charge in [-0.05, 0) is 31.2 Å².